The van der Waals surface area contributed by atoms with Crippen molar-refractivity contribution in [3.63, 3.8) is 0 Å². The number of aliphatic imine (C=N–C) groups is 1. The highest BCUT2D eigenvalue weighted by atomic mass is 16.5. The summed E-state index contributed by atoms with van der Waals surface area (Å²) in [4.78, 5) is 17.9. The summed E-state index contributed by atoms with van der Waals surface area (Å²) >= 11 is 0. The van der Waals surface area contributed by atoms with Crippen molar-refractivity contribution in [2.24, 2.45) is 4.99 Å². The molecule has 2 aromatic carbocycles. The average Bonchev–Trinajstić information content (AvgIpc) is 3.20. The predicted octanol–water partition coefficient (Wildman–Crippen LogP) is 4.33. The highest BCUT2D eigenvalue weighted by Crippen LogP contribution is 2.38. The molecule has 3 rings (SSSR count). The summed E-state index contributed by atoms with van der Waals surface area (Å²) in [5.74, 6) is 1.14. The molecule has 0 fully saturated rings. The minimum atomic E-state index is -0.374. The third-order valence-electron chi connectivity index (χ3n) is 5.35. The van der Waals surface area contributed by atoms with Gasteiger partial charge in [0.25, 0.3) is 5.91 Å². The molecule has 0 saturated heterocycles. The Hall–Kier alpha value is -4.01. The third kappa shape index (κ3) is 6.53. The first-order valence-electron chi connectivity index (χ1n) is 11.4. The van der Waals surface area contributed by atoms with Crippen LogP contribution in [-0.2, 0) is 13.1 Å². The lowest BCUT2D eigenvalue weighted by Gasteiger charge is -2.15. The van der Waals surface area contributed by atoms with Crippen LogP contribution in [-0.4, -0.2) is 43.0 Å². The summed E-state index contributed by atoms with van der Waals surface area (Å²) in [5, 5.41) is 10.6. The fourth-order valence-corrected chi connectivity index (χ4v) is 3.58. The Bertz CT molecular complexity index is 1180. The largest absolute Gasteiger partial charge is 0.493 e. The minimum Gasteiger partial charge on any atom is -0.493 e. The number of carbonyl (C=O) groups is 1. The van der Waals surface area contributed by atoms with Crippen molar-refractivity contribution in [1.82, 2.24) is 15.1 Å². The van der Waals surface area contributed by atoms with E-state index in [0.717, 1.165) is 35.5 Å². The number of methoxy groups -OCH3 is 3. The van der Waals surface area contributed by atoms with E-state index in [1.807, 2.05) is 49.0 Å². The van der Waals surface area contributed by atoms with E-state index in [1.165, 1.54) is 21.3 Å². The van der Waals surface area contributed by atoms with Gasteiger partial charge in [-0.2, -0.15) is 5.10 Å². The third-order valence-corrected chi connectivity index (χ3v) is 5.35. The number of guanidine groups is 1. The number of ether oxygens (including phenoxy) is 3. The van der Waals surface area contributed by atoms with Gasteiger partial charge < -0.3 is 19.5 Å². The van der Waals surface area contributed by atoms with Crippen LogP contribution in [0.2, 0.25) is 0 Å². The first-order chi connectivity index (χ1) is 16.9. The molecule has 3 aromatic rings. The molecular weight excluding hydrogens is 446 g/mol. The zero-order valence-electron chi connectivity index (χ0n) is 21.1. The molecular formula is C26H33N5O4. The molecule has 0 bridgehead atoms. The smallest absolute Gasteiger partial charge is 0.258 e. The number of anilines is 1. The molecule has 186 valence electrons. The van der Waals surface area contributed by atoms with Crippen molar-refractivity contribution in [3.05, 3.63) is 65.0 Å². The van der Waals surface area contributed by atoms with E-state index in [-0.39, 0.29) is 5.91 Å². The van der Waals surface area contributed by atoms with Crippen molar-refractivity contribution in [3.8, 4) is 17.2 Å². The summed E-state index contributed by atoms with van der Waals surface area (Å²) < 4.78 is 18.0. The molecule has 0 spiro atoms. The first kappa shape index (κ1) is 25.6. The van der Waals surface area contributed by atoms with Crippen molar-refractivity contribution >= 4 is 17.6 Å². The van der Waals surface area contributed by atoms with E-state index >= 15 is 0 Å². The second-order valence-electron chi connectivity index (χ2n) is 8.03. The van der Waals surface area contributed by atoms with Gasteiger partial charge in [-0.25, -0.2) is 4.99 Å². The SMILES string of the molecule is CCCn1cc(CN=C(NC(=O)c2cc(OC)c(OC)c(OC)c2)Nc2cccc(C)c2)c(C)n1. The lowest BCUT2D eigenvalue weighted by Crippen LogP contribution is -2.36. The van der Waals surface area contributed by atoms with E-state index < -0.39 is 0 Å². The van der Waals surface area contributed by atoms with Crippen molar-refractivity contribution in [1.29, 1.82) is 0 Å². The monoisotopic (exact) mass is 479 g/mol. The zero-order chi connectivity index (χ0) is 25.4. The molecule has 0 atom stereocenters. The molecule has 1 heterocycles. The van der Waals surface area contributed by atoms with Gasteiger partial charge in [-0.3, -0.25) is 14.8 Å². The Morgan fingerprint density at radius 1 is 1.06 bits per heavy atom. The van der Waals surface area contributed by atoms with Gasteiger partial charge >= 0.3 is 0 Å². The van der Waals surface area contributed by atoms with Crippen LogP contribution in [0, 0.1) is 13.8 Å². The van der Waals surface area contributed by atoms with Crippen LogP contribution in [0.25, 0.3) is 0 Å². The van der Waals surface area contributed by atoms with Crippen LogP contribution in [0.3, 0.4) is 0 Å². The molecule has 0 aliphatic heterocycles. The van der Waals surface area contributed by atoms with Crippen LogP contribution < -0.4 is 24.8 Å². The number of hydrogen-bond acceptors (Lipinski definition) is 6. The Kier molecular flexibility index (Phi) is 8.72. The number of carbonyl (C=O) groups excluding carboxylic acids is 1. The molecule has 1 aromatic heterocycles. The minimum absolute atomic E-state index is 0.317. The normalized spacial score (nSPS) is 11.2. The van der Waals surface area contributed by atoms with Crippen LogP contribution >= 0.6 is 0 Å². The van der Waals surface area contributed by atoms with Crippen LogP contribution in [0.1, 0.15) is 40.5 Å². The van der Waals surface area contributed by atoms with Gasteiger partial charge in [0, 0.05) is 29.6 Å². The molecule has 35 heavy (non-hydrogen) atoms. The topological polar surface area (TPSA) is 99.0 Å². The van der Waals surface area contributed by atoms with Gasteiger partial charge in [-0.1, -0.05) is 19.1 Å². The highest BCUT2D eigenvalue weighted by Gasteiger charge is 2.18. The van der Waals surface area contributed by atoms with E-state index in [9.17, 15) is 4.79 Å². The van der Waals surface area contributed by atoms with Crippen LogP contribution in [0.4, 0.5) is 5.69 Å². The second kappa shape index (κ2) is 11.9. The summed E-state index contributed by atoms with van der Waals surface area (Å²) in [7, 11) is 4.53. The van der Waals surface area contributed by atoms with Crippen LogP contribution in [0.15, 0.2) is 47.6 Å². The predicted molar refractivity (Wildman–Crippen MR) is 137 cm³/mol. The Labute approximate surface area is 206 Å². The number of benzene rings is 2. The van der Waals surface area contributed by atoms with Crippen molar-refractivity contribution < 1.29 is 19.0 Å². The summed E-state index contributed by atoms with van der Waals surface area (Å²) in [6, 6.07) is 11.0. The van der Waals surface area contributed by atoms with E-state index in [2.05, 4.69) is 27.6 Å². The number of nitrogens with one attached hydrogen (secondary N) is 2. The molecule has 0 saturated carbocycles. The standard InChI is InChI=1S/C26H33N5O4/c1-7-11-31-16-20(18(3)30-31)15-27-26(28-21-10-8-9-17(2)12-21)29-25(32)19-13-22(33-4)24(35-6)23(14-19)34-5/h8-10,12-14,16H,7,11,15H2,1-6H3,(H2,27,28,29,32). The summed E-state index contributed by atoms with van der Waals surface area (Å²) in [5.41, 5.74) is 4.14. The Balaban J connectivity index is 1.90. The summed E-state index contributed by atoms with van der Waals surface area (Å²) in [6.45, 7) is 7.27. The molecule has 9 heteroatoms. The maximum Gasteiger partial charge on any atom is 0.258 e. The first-order valence-corrected chi connectivity index (χ1v) is 11.4. The zero-order valence-corrected chi connectivity index (χ0v) is 21.1. The number of aryl methyl sites for hydroxylation is 3. The fourth-order valence-electron chi connectivity index (χ4n) is 3.58. The van der Waals surface area contributed by atoms with Gasteiger partial charge in [0.2, 0.25) is 11.7 Å². The lowest BCUT2D eigenvalue weighted by atomic mass is 10.1. The maximum absolute atomic E-state index is 13.2. The number of nitrogens with zero attached hydrogens (tertiary/aromatic N) is 3. The number of aromatic nitrogens is 2. The van der Waals surface area contributed by atoms with Gasteiger partial charge in [-0.15, -0.1) is 0 Å². The molecule has 0 radical (unpaired) electrons. The second-order valence-corrected chi connectivity index (χ2v) is 8.03. The molecule has 9 nitrogen and oxygen atoms in total. The Morgan fingerprint density at radius 3 is 2.37 bits per heavy atom. The molecule has 0 aliphatic rings. The van der Waals surface area contributed by atoms with Gasteiger partial charge in [0.05, 0.1) is 33.6 Å². The quantitative estimate of drug-likeness (QED) is 0.350. The Morgan fingerprint density at radius 2 is 1.77 bits per heavy atom. The van der Waals surface area contributed by atoms with Crippen molar-refractivity contribution in [2.75, 3.05) is 26.6 Å². The molecule has 1 amide bonds. The van der Waals surface area contributed by atoms with Crippen LogP contribution in [0.5, 0.6) is 17.2 Å². The van der Waals surface area contributed by atoms with E-state index in [4.69, 9.17) is 14.2 Å². The van der Waals surface area contributed by atoms with Gasteiger partial charge in [-0.05, 0) is 50.1 Å². The van der Waals surface area contributed by atoms with Gasteiger partial charge in [0.15, 0.2) is 11.5 Å². The van der Waals surface area contributed by atoms with E-state index in [1.54, 1.807) is 12.1 Å². The van der Waals surface area contributed by atoms with Crippen molar-refractivity contribution in [2.45, 2.75) is 40.3 Å². The van der Waals surface area contributed by atoms with E-state index in [0.29, 0.717) is 35.3 Å². The number of hydrogen-bond donors (Lipinski definition) is 2. The molecule has 0 aliphatic carbocycles. The number of amides is 1. The molecule has 2 N–H and O–H groups in total. The maximum atomic E-state index is 13.2. The highest BCUT2D eigenvalue weighted by molar-refractivity contribution is 6.10. The average molecular weight is 480 g/mol. The van der Waals surface area contributed by atoms with Gasteiger partial charge in [0.1, 0.15) is 0 Å². The molecule has 0 unspecified atom stereocenters. The summed E-state index contributed by atoms with van der Waals surface area (Å²) in [6.07, 6.45) is 2.99. The number of rotatable bonds is 9. The lowest BCUT2D eigenvalue weighted by molar-refractivity contribution is 0.0976. The fraction of sp³-hybridized carbons (Fsp3) is 0.346.